The van der Waals surface area contributed by atoms with E-state index < -0.39 is 0 Å². The van der Waals surface area contributed by atoms with Gasteiger partial charge >= 0.3 is 0 Å². The Bertz CT molecular complexity index is 974. The average Bonchev–Trinajstić information content (AvgIpc) is 2.97. The fraction of sp³-hybridized carbons (Fsp3) is 0.0909. The largest absolute Gasteiger partial charge is 0.321 e. The summed E-state index contributed by atoms with van der Waals surface area (Å²) >= 11 is 0. The van der Waals surface area contributed by atoms with Gasteiger partial charge in [0, 0.05) is 34.8 Å². The summed E-state index contributed by atoms with van der Waals surface area (Å²) in [5, 5.41) is 2.99. The summed E-state index contributed by atoms with van der Waals surface area (Å²) in [6.07, 6.45) is 6.51. The molecule has 25 heavy (non-hydrogen) atoms. The van der Waals surface area contributed by atoms with E-state index in [0.29, 0.717) is 5.57 Å². The normalized spacial score (nSPS) is 14.4. The third-order valence-corrected chi connectivity index (χ3v) is 4.53. The maximum atomic E-state index is 12.5. The van der Waals surface area contributed by atoms with E-state index in [1.807, 2.05) is 54.7 Å². The first-order valence-corrected chi connectivity index (χ1v) is 8.42. The zero-order valence-corrected chi connectivity index (χ0v) is 14.0. The lowest BCUT2D eigenvalue weighted by atomic mass is 9.98. The molecule has 0 radical (unpaired) electrons. The zero-order chi connectivity index (χ0) is 17.2. The molecule has 0 saturated heterocycles. The maximum absolute atomic E-state index is 12.5. The van der Waals surface area contributed by atoms with Crippen molar-refractivity contribution in [3.05, 3.63) is 83.7 Å². The molecule has 3 nitrogen and oxygen atoms in total. The highest BCUT2D eigenvalue weighted by Crippen LogP contribution is 2.36. The number of hydrogen-bond donors (Lipinski definition) is 1. The Morgan fingerprint density at radius 3 is 2.72 bits per heavy atom. The number of carbonyl (C=O) groups is 1. The summed E-state index contributed by atoms with van der Waals surface area (Å²) in [6.45, 7) is 2.13. The SMILES string of the molecule is CCc1ccccc1C=C1C(=O)Nc2cc(-c3cccnc3)ccc21. The van der Waals surface area contributed by atoms with Gasteiger partial charge in [0.15, 0.2) is 0 Å². The number of nitrogens with one attached hydrogen (secondary N) is 1. The summed E-state index contributed by atoms with van der Waals surface area (Å²) in [6, 6.07) is 18.2. The average molecular weight is 326 g/mol. The molecule has 1 aliphatic rings. The number of carbonyl (C=O) groups excluding carboxylic acids is 1. The lowest BCUT2D eigenvalue weighted by Gasteiger charge is -2.05. The van der Waals surface area contributed by atoms with E-state index in [4.69, 9.17) is 0 Å². The molecule has 0 atom stereocenters. The molecule has 1 amide bonds. The van der Waals surface area contributed by atoms with Crippen molar-refractivity contribution >= 4 is 23.2 Å². The van der Waals surface area contributed by atoms with E-state index >= 15 is 0 Å². The first kappa shape index (κ1) is 15.3. The summed E-state index contributed by atoms with van der Waals surface area (Å²) in [4.78, 5) is 16.7. The number of nitrogens with zero attached hydrogens (tertiary/aromatic N) is 1. The van der Waals surface area contributed by atoms with Gasteiger partial charge in [0.25, 0.3) is 5.91 Å². The molecule has 0 spiro atoms. The van der Waals surface area contributed by atoms with Crippen molar-refractivity contribution in [3.63, 3.8) is 0 Å². The van der Waals surface area contributed by atoms with E-state index in [9.17, 15) is 4.79 Å². The minimum absolute atomic E-state index is 0.0516. The van der Waals surface area contributed by atoms with Crippen molar-refractivity contribution in [3.8, 4) is 11.1 Å². The van der Waals surface area contributed by atoms with Gasteiger partial charge in [0.1, 0.15) is 0 Å². The molecule has 3 heteroatoms. The van der Waals surface area contributed by atoms with E-state index in [1.165, 1.54) is 5.56 Å². The molecule has 1 aliphatic heterocycles. The number of fused-ring (bicyclic) bond motifs is 1. The first-order valence-electron chi connectivity index (χ1n) is 8.42. The molecular weight excluding hydrogens is 308 g/mol. The number of amides is 1. The van der Waals surface area contributed by atoms with Crippen LogP contribution in [0.25, 0.3) is 22.8 Å². The second-order valence-corrected chi connectivity index (χ2v) is 6.07. The Morgan fingerprint density at radius 2 is 1.92 bits per heavy atom. The van der Waals surface area contributed by atoms with Crippen LogP contribution in [0.15, 0.2) is 67.0 Å². The van der Waals surface area contributed by atoms with Crippen LogP contribution < -0.4 is 5.32 Å². The van der Waals surface area contributed by atoms with Crippen LogP contribution in [0.5, 0.6) is 0 Å². The van der Waals surface area contributed by atoms with E-state index in [2.05, 4.69) is 29.4 Å². The highest BCUT2D eigenvalue weighted by atomic mass is 16.2. The van der Waals surface area contributed by atoms with Crippen LogP contribution in [0, 0.1) is 0 Å². The quantitative estimate of drug-likeness (QED) is 0.702. The third-order valence-electron chi connectivity index (χ3n) is 4.53. The Kier molecular flexibility index (Phi) is 3.90. The fourth-order valence-electron chi connectivity index (χ4n) is 3.20. The van der Waals surface area contributed by atoms with Gasteiger partial charge in [0.2, 0.25) is 0 Å². The Hall–Kier alpha value is -3.20. The highest BCUT2D eigenvalue weighted by Gasteiger charge is 2.24. The second kappa shape index (κ2) is 6.36. The van der Waals surface area contributed by atoms with Crippen LogP contribution in [0.3, 0.4) is 0 Å². The monoisotopic (exact) mass is 326 g/mol. The van der Waals surface area contributed by atoms with Gasteiger partial charge in [-0.25, -0.2) is 0 Å². The molecule has 2 aromatic carbocycles. The van der Waals surface area contributed by atoms with Crippen LogP contribution in [-0.4, -0.2) is 10.9 Å². The van der Waals surface area contributed by atoms with Crippen LogP contribution in [0.4, 0.5) is 5.69 Å². The number of aromatic nitrogens is 1. The Balaban J connectivity index is 1.77. The number of pyridine rings is 1. The van der Waals surface area contributed by atoms with Crippen molar-refractivity contribution in [1.82, 2.24) is 4.98 Å². The fourth-order valence-corrected chi connectivity index (χ4v) is 3.20. The van der Waals surface area contributed by atoms with Gasteiger partial charge in [-0.15, -0.1) is 0 Å². The summed E-state index contributed by atoms with van der Waals surface area (Å²) in [7, 11) is 0. The molecular formula is C22H18N2O. The molecule has 3 aromatic rings. The summed E-state index contributed by atoms with van der Waals surface area (Å²) in [5.74, 6) is -0.0516. The molecule has 4 rings (SSSR count). The topological polar surface area (TPSA) is 42.0 Å². The van der Waals surface area contributed by atoms with Gasteiger partial charge < -0.3 is 5.32 Å². The molecule has 0 saturated carbocycles. The second-order valence-electron chi connectivity index (χ2n) is 6.07. The molecule has 1 N–H and O–H groups in total. The van der Waals surface area contributed by atoms with E-state index in [1.54, 1.807) is 6.20 Å². The number of aryl methyl sites for hydroxylation is 1. The molecule has 122 valence electrons. The van der Waals surface area contributed by atoms with Crippen molar-refractivity contribution in [1.29, 1.82) is 0 Å². The van der Waals surface area contributed by atoms with Gasteiger partial charge in [-0.1, -0.05) is 49.4 Å². The van der Waals surface area contributed by atoms with E-state index in [-0.39, 0.29) is 5.91 Å². The Morgan fingerprint density at radius 1 is 1.04 bits per heavy atom. The molecule has 0 unspecified atom stereocenters. The number of hydrogen-bond acceptors (Lipinski definition) is 2. The summed E-state index contributed by atoms with van der Waals surface area (Å²) in [5.41, 5.74) is 6.93. The molecule has 0 bridgehead atoms. The van der Waals surface area contributed by atoms with Crippen LogP contribution in [0.2, 0.25) is 0 Å². The molecule has 2 heterocycles. The lowest BCUT2D eigenvalue weighted by Crippen LogP contribution is -2.03. The third kappa shape index (κ3) is 2.85. The lowest BCUT2D eigenvalue weighted by molar-refractivity contribution is -0.110. The zero-order valence-electron chi connectivity index (χ0n) is 14.0. The van der Waals surface area contributed by atoms with Crippen LogP contribution >= 0.6 is 0 Å². The smallest absolute Gasteiger partial charge is 0.256 e. The maximum Gasteiger partial charge on any atom is 0.256 e. The van der Waals surface area contributed by atoms with E-state index in [0.717, 1.165) is 34.4 Å². The number of benzene rings is 2. The van der Waals surface area contributed by atoms with Gasteiger partial charge in [-0.2, -0.15) is 0 Å². The predicted octanol–water partition coefficient (Wildman–Crippen LogP) is 4.80. The predicted molar refractivity (Wildman–Crippen MR) is 102 cm³/mol. The van der Waals surface area contributed by atoms with Gasteiger partial charge in [0.05, 0.1) is 0 Å². The van der Waals surface area contributed by atoms with Crippen LogP contribution in [-0.2, 0) is 11.2 Å². The number of rotatable bonds is 3. The van der Waals surface area contributed by atoms with Crippen LogP contribution in [0.1, 0.15) is 23.6 Å². The summed E-state index contributed by atoms with van der Waals surface area (Å²) < 4.78 is 0. The molecule has 0 fully saturated rings. The molecule has 0 aliphatic carbocycles. The minimum atomic E-state index is -0.0516. The van der Waals surface area contributed by atoms with Crippen molar-refractivity contribution < 1.29 is 4.79 Å². The standard InChI is InChI=1S/C22H18N2O/c1-2-15-6-3-4-7-16(15)12-20-19-10-9-17(13-21(19)24-22(20)25)18-8-5-11-23-14-18/h3-14H,2H2,1H3,(H,24,25). The van der Waals surface area contributed by atoms with Crippen molar-refractivity contribution in [2.45, 2.75) is 13.3 Å². The molecule has 1 aromatic heterocycles. The Labute approximate surface area is 147 Å². The van der Waals surface area contributed by atoms with Crippen molar-refractivity contribution in [2.24, 2.45) is 0 Å². The van der Waals surface area contributed by atoms with Gasteiger partial charge in [-0.3, -0.25) is 9.78 Å². The van der Waals surface area contributed by atoms with Crippen molar-refractivity contribution in [2.75, 3.05) is 5.32 Å². The first-order chi connectivity index (χ1) is 12.3. The number of anilines is 1. The minimum Gasteiger partial charge on any atom is -0.321 e. The highest BCUT2D eigenvalue weighted by molar-refractivity contribution is 6.35. The van der Waals surface area contributed by atoms with Gasteiger partial charge in [-0.05, 0) is 41.3 Å².